The van der Waals surface area contributed by atoms with E-state index in [9.17, 15) is 9.18 Å². The number of aliphatic hydroxyl groups is 1. The quantitative estimate of drug-likeness (QED) is 0.837. The van der Waals surface area contributed by atoms with Gasteiger partial charge < -0.3 is 14.8 Å². The van der Waals surface area contributed by atoms with Crippen LogP contribution in [0.25, 0.3) is 0 Å². The summed E-state index contributed by atoms with van der Waals surface area (Å²) in [4.78, 5) is 15.8. The molecule has 0 fully saturated rings. The predicted octanol–water partition coefficient (Wildman–Crippen LogP) is 1.40. The summed E-state index contributed by atoms with van der Waals surface area (Å²) in [5.41, 5.74) is 0.300. The third-order valence-corrected chi connectivity index (χ3v) is 2.59. The minimum Gasteiger partial charge on any atom is -0.444 e. The molecule has 0 saturated carbocycles. The lowest BCUT2D eigenvalue weighted by Crippen LogP contribution is -2.24. The number of carbonyl (C=O) groups is 1. The Bertz CT molecular complexity index is 713. The fraction of sp³-hybridized carbons (Fsp3) is 0.200. The summed E-state index contributed by atoms with van der Waals surface area (Å²) in [6, 6.07) is 4.00. The van der Waals surface area contributed by atoms with Crippen molar-refractivity contribution in [2.45, 2.75) is 13.5 Å². The molecule has 108 valence electrons. The van der Waals surface area contributed by atoms with Crippen molar-refractivity contribution in [2.24, 2.45) is 0 Å². The van der Waals surface area contributed by atoms with Crippen molar-refractivity contribution in [1.29, 1.82) is 0 Å². The molecule has 0 unspecified atom stereocenters. The Morgan fingerprint density at radius 1 is 1.52 bits per heavy atom. The van der Waals surface area contributed by atoms with Gasteiger partial charge in [-0.15, -0.1) is 0 Å². The summed E-state index contributed by atoms with van der Waals surface area (Å²) < 4.78 is 19.0. The lowest BCUT2D eigenvalue weighted by molar-refractivity contribution is 0.0943. The molecule has 1 aromatic carbocycles. The molecule has 1 aromatic heterocycles. The maximum Gasteiger partial charge on any atom is 0.254 e. The molecule has 2 aromatic rings. The summed E-state index contributed by atoms with van der Waals surface area (Å²) in [5.74, 6) is 4.72. The Morgan fingerprint density at radius 3 is 2.95 bits per heavy atom. The standard InChI is InChI=1S/C15H13FN2O3/c1-10-8-17-14(21-10)9-18-15(20)12-5-4-11(3-2-6-19)7-13(12)16/h4-5,7-8,19H,6,9H2,1H3,(H,18,20). The highest BCUT2D eigenvalue weighted by molar-refractivity contribution is 5.94. The average molecular weight is 288 g/mol. The number of hydrogen-bond donors (Lipinski definition) is 2. The Hall–Kier alpha value is -2.65. The van der Waals surface area contributed by atoms with Crippen LogP contribution in [0.2, 0.25) is 0 Å². The Balaban J connectivity index is 2.05. The lowest BCUT2D eigenvalue weighted by atomic mass is 10.1. The summed E-state index contributed by atoms with van der Waals surface area (Å²) in [5, 5.41) is 11.1. The topological polar surface area (TPSA) is 75.4 Å². The first kappa shape index (κ1) is 14.8. The molecule has 0 atom stereocenters. The number of nitrogens with one attached hydrogen (secondary N) is 1. The van der Waals surface area contributed by atoms with E-state index in [1.54, 1.807) is 6.92 Å². The third-order valence-electron chi connectivity index (χ3n) is 2.59. The van der Waals surface area contributed by atoms with Crippen molar-refractivity contribution in [1.82, 2.24) is 10.3 Å². The van der Waals surface area contributed by atoms with Gasteiger partial charge in [-0.3, -0.25) is 4.79 Å². The second kappa shape index (κ2) is 6.68. The number of hydrogen-bond acceptors (Lipinski definition) is 4. The predicted molar refractivity (Wildman–Crippen MR) is 72.8 cm³/mol. The van der Waals surface area contributed by atoms with Crippen LogP contribution < -0.4 is 5.32 Å². The highest BCUT2D eigenvalue weighted by Crippen LogP contribution is 2.10. The summed E-state index contributed by atoms with van der Waals surface area (Å²) in [6.45, 7) is 1.52. The van der Waals surface area contributed by atoms with Crippen molar-refractivity contribution in [3.63, 3.8) is 0 Å². The maximum atomic E-state index is 13.8. The van der Waals surface area contributed by atoms with Crippen LogP contribution in [0.4, 0.5) is 4.39 Å². The molecule has 21 heavy (non-hydrogen) atoms. The highest BCUT2D eigenvalue weighted by atomic mass is 19.1. The van der Waals surface area contributed by atoms with Gasteiger partial charge in [-0.25, -0.2) is 9.37 Å². The molecule has 0 spiro atoms. The monoisotopic (exact) mass is 288 g/mol. The van der Waals surface area contributed by atoms with Crippen LogP contribution >= 0.6 is 0 Å². The molecule has 6 heteroatoms. The van der Waals surface area contributed by atoms with Gasteiger partial charge in [-0.2, -0.15) is 0 Å². The van der Waals surface area contributed by atoms with Crippen molar-refractivity contribution < 1.29 is 18.7 Å². The second-order valence-corrected chi connectivity index (χ2v) is 4.20. The number of oxazole rings is 1. The highest BCUT2D eigenvalue weighted by Gasteiger charge is 2.12. The number of halogens is 1. The molecule has 0 radical (unpaired) electrons. The molecule has 0 aliphatic rings. The first-order chi connectivity index (χ1) is 10.1. The SMILES string of the molecule is Cc1cnc(CNC(=O)c2ccc(C#CCO)cc2F)o1. The molecule has 0 saturated heterocycles. The number of carbonyl (C=O) groups excluding carboxylic acids is 1. The van der Waals surface area contributed by atoms with E-state index in [4.69, 9.17) is 9.52 Å². The zero-order chi connectivity index (χ0) is 15.2. The van der Waals surface area contributed by atoms with Gasteiger partial charge in [0.25, 0.3) is 5.91 Å². The fourth-order valence-electron chi connectivity index (χ4n) is 1.65. The van der Waals surface area contributed by atoms with E-state index in [0.717, 1.165) is 6.07 Å². The normalized spacial score (nSPS) is 9.86. The summed E-state index contributed by atoms with van der Waals surface area (Å²) in [7, 11) is 0. The van der Waals surface area contributed by atoms with E-state index in [1.807, 2.05) is 0 Å². The zero-order valence-corrected chi connectivity index (χ0v) is 11.3. The molecule has 1 heterocycles. The molecular formula is C15H13FN2O3. The second-order valence-electron chi connectivity index (χ2n) is 4.20. The fourth-order valence-corrected chi connectivity index (χ4v) is 1.65. The van der Waals surface area contributed by atoms with E-state index in [0.29, 0.717) is 17.2 Å². The van der Waals surface area contributed by atoms with E-state index < -0.39 is 11.7 Å². The number of aromatic nitrogens is 1. The van der Waals surface area contributed by atoms with Gasteiger partial charge in [0, 0.05) is 5.56 Å². The van der Waals surface area contributed by atoms with Gasteiger partial charge >= 0.3 is 0 Å². The van der Waals surface area contributed by atoms with E-state index >= 15 is 0 Å². The van der Waals surface area contributed by atoms with Gasteiger partial charge in [0.05, 0.1) is 18.3 Å². The number of aliphatic hydroxyl groups excluding tert-OH is 1. The molecule has 0 aliphatic carbocycles. The molecule has 1 amide bonds. The van der Waals surface area contributed by atoms with Gasteiger partial charge in [0.1, 0.15) is 18.2 Å². The van der Waals surface area contributed by atoms with E-state index in [1.165, 1.54) is 18.3 Å². The number of nitrogens with zero attached hydrogens (tertiary/aromatic N) is 1. The molecule has 2 N–H and O–H groups in total. The van der Waals surface area contributed by atoms with Gasteiger partial charge in [-0.1, -0.05) is 11.8 Å². The number of rotatable bonds is 3. The zero-order valence-electron chi connectivity index (χ0n) is 11.3. The number of aryl methyl sites for hydroxylation is 1. The van der Waals surface area contributed by atoms with Crippen molar-refractivity contribution in [3.05, 3.63) is 53.0 Å². The molecule has 0 bridgehead atoms. The van der Waals surface area contributed by atoms with Crippen LogP contribution in [0.3, 0.4) is 0 Å². The first-order valence-electron chi connectivity index (χ1n) is 6.19. The van der Waals surface area contributed by atoms with Gasteiger partial charge in [-0.05, 0) is 25.1 Å². The van der Waals surface area contributed by atoms with E-state index in [2.05, 4.69) is 22.1 Å². The molecular weight excluding hydrogens is 275 g/mol. The van der Waals surface area contributed by atoms with Gasteiger partial charge in [0.15, 0.2) is 0 Å². The van der Waals surface area contributed by atoms with Crippen LogP contribution in [0.5, 0.6) is 0 Å². The first-order valence-corrected chi connectivity index (χ1v) is 6.19. The molecule has 5 nitrogen and oxygen atoms in total. The Labute approximate surface area is 120 Å². The van der Waals surface area contributed by atoms with Crippen LogP contribution in [0.1, 0.15) is 27.6 Å². The minimum absolute atomic E-state index is 0.0815. The van der Waals surface area contributed by atoms with Gasteiger partial charge in [0.2, 0.25) is 5.89 Å². The van der Waals surface area contributed by atoms with Crippen molar-refractivity contribution in [3.8, 4) is 11.8 Å². The maximum absolute atomic E-state index is 13.8. The van der Waals surface area contributed by atoms with E-state index in [-0.39, 0.29) is 18.7 Å². The average Bonchev–Trinajstić information content (AvgIpc) is 2.88. The van der Waals surface area contributed by atoms with Crippen molar-refractivity contribution in [2.75, 3.05) is 6.61 Å². The van der Waals surface area contributed by atoms with Crippen LogP contribution in [0.15, 0.2) is 28.8 Å². The summed E-state index contributed by atoms with van der Waals surface area (Å²) in [6.07, 6.45) is 1.54. The minimum atomic E-state index is -0.680. The molecule has 2 rings (SSSR count). The number of benzene rings is 1. The van der Waals surface area contributed by atoms with Crippen LogP contribution in [-0.2, 0) is 6.54 Å². The largest absolute Gasteiger partial charge is 0.444 e. The Morgan fingerprint density at radius 2 is 2.33 bits per heavy atom. The molecule has 0 aliphatic heterocycles. The third kappa shape index (κ3) is 3.91. The smallest absolute Gasteiger partial charge is 0.254 e. The van der Waals surface area contributed by atoms with Crippen molar-refractivity contribution >= 4 is 5.91 Å². The lowest BCUT2D eigenvalue weighted by Gasteiger charge is -2.04. The van der Waals surface area contributed by atoms with Crippen LogP contribution in [0, 0.1) is 24.6 Å². The van der Waals surface area contributed by atoms with Crippen LogP contribution in [-0.4, -0.2) is 22.6 Å². The number of amides is 1. The Kier molecular flexibility index (Phi) is 4.69. The summed E-state index contributed by atoms with van der Waals surface area (Å²) >= 11 is 0.